The van der Waals surface area contributed by atoms with Gasteiger partial charge in [-0.1, -0.05) is 88.8 Å². The van der Waals surface area contributed by atoms with Gasteiger partial charge in [0, 0.05) is 0 Å². The Morgan fingerprint density at radius 3 is 1.17 bits per heavy atom. The molecule has 0 unspecified atom stereocenters. The molecule has 0 heterocycles. The Morgan fingerprint density at radius 2 is 0.830 bits per heavy atom. The summed E-state index contributed by atoms with van der Waals surface area (Å²) in [6.07, 6.45) is 11.6. The van der Waals surface area contributed by atoms with Crippen LogP contribution in [0.2, 0.25) is 0 Å². The number of rotatable bonds is 16. The Hall–Kier alpha value is -2.44. The summed E-state index contributed by atoms with van der Waals surface area (Å²) in [6, 6.07) is 26.7. The molecular weight excluding hydrogens is 665 g/mol. The van der Waals surface area contributed by atoms with Gasteiger partial charge in [-0.3, -0.25) is 0 Å². The van der Waals surface area contributed by atoms with Gasteiger partial charge in [0.25, 0.3) is 0 Å². The van der Waals surface area contributed by atoms with E-state index in [1.54, 1.807) is 12.1 Å². The van der Waals surface area contributed by atoms with Crippen LogP contribution < -0.4 is 9.47 Å². The van der Waals surface area contributed by atoms with E-state index >= 15 is 0 Å². The molecule has 4 rings (SSSR count). The van der Waals surface area contributed by atoms with E-state index in [4.69, 9.17) is 9.47 Å². The summed E-state index contributed by atoms with van der Waals surface area (Å²) in [4.78, 5) is -0.573. The van der Waals surface area contributed by atoms with Crippen LogP contribution >= 0.6 is 0 Å². The van der Waals surface area contributed by atoms with Crippen LogP contribution in [0.15, 0.2) is 107 Å². The van der Waals surface area contributed by atoms with Crippen LogP contribution in [0.1, 0.15) is 76.3 Å². The molecule has 0 fully saturated rings. The summed E-state index contributed by atoms with van der Waals surface area (Å²) in [7, 11) is -8.95. The molecule has 11 heteroatoms. The van der Waals surface area contributed by atoms with Crippen LogP contribution in [0.4, 0.5) is 0 Å². The van der Waals surface area contributed by atoms with Gasteiger partial charge in [0.2, 0.25) is 0 Å². The third-order valence-electron chi connectivity index (χ3n) is 7.09. The fourth-order valence-corrected chi connectivity index (χ4v) is 5.71. The summed E-state index contributed by atoms with van der Waals surface area (Å²) in [5.74, 6) is 1.95. The van der Waals surface area contributed by atoms with E-state index in [2.05, 4.69) is 26.0 Å². The van der Waals surface area contributed by atoms with E-state index in [-0.39, 0.29) is 47.5 Å². The van der Waals surface area contributed by atoms with Gasteiger partial charge < -0.3 is 18.6 Å². The number of hydrogen-bond donors (Lipinski definition) is 0. The van der Waals surface area contributed by atoms with Crippen molar-refractivity contribution in [2.24, 2.45) is 0 Å². The van der Waals surface area contributed by atoms with Crippen LogP contribution in [0.25, 0.3) is 0 Å². The van der Waals surface area contributed by atoms with Gasteiger partial charge >= 0.3 is 37.7 Å². The molecule has 47 heavy (non-hydrogen) atoms. The molecule has 0 aliphatic rings. The monoisotopic (exact) mass is 706 g/mol. The van der Waals surface area contributed by atoms with Gasteiger partial charge in [0.05, 0.1) is 9.79 Å². The second kappa shape index (κ2) is 20.8. The van der Waals surface area contributed by atoms with Crippen LogP contribution in [0, 0.1) is 0 Å². The smallest absolute Gasteiger partial charge is 0.744 e. The van der Waals surface area contributed by atoms with Gasteiger partial charge in [0.15, 0.2) is 0 Å². The standard InChI is InChI=1S/2C18H22O4S.Ca/c2*1-2-3-4-5-8-15-9-6-10-16(13-15)22-17-11-7-12-18(14-17)23(19,20)21;/h2*6-7,9-14H,2-5,8H2,1H3,(H,19,20,21);/q;;+2/p-2. The van der Waals surface area contributed by atoms with Gasteiger partial charge in [-0.2, -0.15) is 0 Å². The average Bonchev–Trinajstić information content (AvgIpc) is 3.02. The maximum atomic E-state index is 11.1. The van der Waals surface area contributed by atoms with Crippen molar-refractivity contribution in [1.82, 2.24) is 0 Å². The molecular formula is C36H42CaO8S2. The van der Waals surface area contributed by atoms with Crippen molar-refractivity contribution in [2.45, 2.75) is 87.8 Å². The zero-order chi connectivity index (χ0) is 33.4. The third-order valence-corrected chi connectivity index (χ3v) is 8.76. The Bertz CT molecular complexity index is 1610. The maximum Gasteiger partial charge on any atom is 2.00 e. The van der Waals surface area contributed by atoms with E-state index in [1.807, 2.05) is 36.4 Å². The van der Waals surface area contributed by atoms with Crippen molar-refractivity contribution in [3.8, 4) is 23.0 Å². The first-order chi connectivity index (χ1) is 22.0. The zero-order valence-electron chi connectivity index (χ0n) is 27.1. The molecule has 0 atom stereocenters. The molecule has 0 saturated carbocycles. The first-order valence-electron chi connectivity index (χ1n) is 15.6. The summed E-state index contributed by atoms with van der Waals surface area (Å²) >= 11 is 0. The summed E-state index contributed by atoms with van der Waals surface area (Å²) in [5.41, 5.74) is 2.37. The Kier molecular flexibility index (Phi) is 18.0. The summed E-state index contributed by atoms with van der Waals surface area (Å²) in [6.45, 7) is 4.37. The molecule has 0 aliphatic carbocycles. The number of benzene rings is 4. The second-order valence-corrected chi connectivity index (χ2v) is 13.7. The number of ether oxygens (including phenoxy) is 2. The Labute approximate surface area is 310 Å². The van der Waals surface area contributed by atoms with Crippen molar-refractivity contribution < 1.29 is 35.4 Å². The van der Waals surface area contributed by atoms with E-state index in [1.165, 1.54) is 86.1 Å². The number of aryl methyl sites for hydroxylation is 2. The van der Waals surface area contributed by atoms with Crippen LogP contribution in [0.5, 0.6) is 23.0 Å². The maximum absolute atomic E-state index is 11.1. The molecule has 0 saturated heterocycles. The van der Waals surface area contributed by atoms with Crippen molar-refractivity contribution in [1.29, 1.82) is 0 Å². The largest absolute Gasteiger partial charge is 2.00 e. The number of hydrogen-bond acceptors (Lipinski definition) is 8. The quantitative estimate of drug-likeness (QED) is 0.0643. The molecule has 4 aromatic rings. The molecule has 248 valence electrons. The average molecular weight is 707 g/mol. The predicted octanol–water partition coefficient (Wildman–Crippen LogP) is 8.63. The summed E-state index contributed by atoms with van der Waals surface area (Å²) < 4.78 is 77.7. The first-order valence-corrected chi connectivity index (χ1v) is 18.4. The molecule has 8 nitrogen and oxygen atoms in total. The Morgan fingerprint density at radius 1 is 0.489 bits per heavy atom. The van der Waals surface area contributed by atoms with Gasteiger partial charge in [-0.25, -0.2) is 16.8 Å². The van der Waals surface area contributed by atoms with E-state index in [9.17, 15) is 25.9 Å². The minimum absolute atomic E-state index is 0. The minimum atomic E-state index is -4.47. The molecule has 0 aromatic heterocycles. The molecule has 4 aromatic carbocycles. The first kappa shape index (κ1) is 40.7. The Balaban J connectivity index is 0.000000320. The van der Waals surface area contributed by atoms with Crippen molar-refractivity contribution in [3.05, 3.63) is 108 Å². The fourth-order valence-electron chi connectivity index (χ4n) is 4.70. The second-order valence-electron chi connectivity index (χ2n) is 11.0. The van der Waals surface area contributed by atoms with Crippen molar-refractivity contribution in [2.75, 3.05) is 0 Å². The fraction of sp³-hybridized carbons (Fsp3) is 0.333. The topological polar surface area (TPSA) is 133 Å². The van der Waals surface area contributed by atoms with Gasteiger partial charge in [-0.15, -0.1) is 0 Å². The zero-order valence-corrected chi connectivity index (χ0v) is 30.9. The molecule has 0 N–H and O–H groups in total. The van der Waals surface area contributed by atoms with E-state index in [0.717, 1.165) is 25.7 Å². The third kappa shape index (κ3) is 15.5. The SMILES string of the molecule is CCCCCCc1cccc(Oc2cccc(S(=O)(=O)[O-])c2)c1.CCCCCCc1cccc(Oc2cccc(S(=O)(=O)[O-])c2)c1.[Ca+2]. The normalized spacial score (nSPS) is 11.1. The molecule has 0 amide bonds. The van der Waals surface area contributed by atoms with Crippen LogP contribution in [0.3, 0.4) is 0 Å². The van der Waals surface area contributed by atoms with Gasteiger partial charge in [-0.05, 0) is 97.5 Å². The molecule has 0 bridgehead atoms. The molecule has 0 radical (unpaired) electrons. The van der Waals surface area contributed by atoms with Gasteiger partial charge in [0.1, 0.15) is 43.2 Å². The number of unbranched alkanes of at least 4 members (excludes halogenated alkanes) is 6. The van der Waals surface area contributed by atoms with Crippen molar-refractivity contribution in [3.63, 3.8) is 0 Å². The molecule has 0 spiro atoms. The van der Waals surface area contributed by atoms with E-state index in [0.29, 0.717) is 23.0 Å². The van der Waals surface area contributed by atoms with Crippen molar-refractivity contribution >= 4 is 58.0 Å². The summed E-state index contributed by atoms with van der Waals surface area (Å²) in [5, 5.41) is 0. The van der Waals surface area contributed by atoms with Crippen LogP contribution in [-0.4, -0.2) is 63.7 Å². The minimum Gasteiger partial charge on any atom is -0.744 e. The predicted molar refractivity (Wildman–Crippen MR) is 183 cm³/mol. The van der Waals surface area contributed by atoms with E-state index < -0.39 is 20.2 Å². The van der Waals surface area contributed by atoms with Crippen LogP contribution in [-0.2, 0) is 33.1 Å². The molecule has 0 aliphatic heterocycles.